The molecule has 6 nitrogen and oxygen atoms in total. The Balaban J connectivity index is 1.71. The molecule has 0 radical (unpaired) electrons. The van der Waals surface area contributed by atoms with Gasteiger partial charge in [-0.15, -0.1) is 10.2 Å². The van der Waals surface area contributed by atoms with E-state index < -0.39 is 0 Å². The Morgan fingerprint density at radius 3 is 2.56 bits per heavy atom. The minimum absolute atomic E-state index is 0.252. The molecule has 0 atom stereocenters. The van der Waals surface area contributed by atoms with Crippen LogP contribution in [-0.4, -0.2) is 24.7 Å². The summed E-state index contributed by atoms with van der Waals surface area (Å²) in [6.07, 6.45) is 3.43. The van der Waals surface area contributed by atoms with E-state index in [4.69, 9.17) is 4.42 Å². The van der Waals surface area contributed by atoms with Gasteiger partial charge in [0.05, 0.1) is 6.20 Å². The number of benzene rings is 1. The molecule has 0 aliphatic carbocycles. The van der Waals surface area contributed by atoms with Gasteiger partial charge in [-0.3, -0.25) is 0 Å². The summed E-state index contributed by atoms with van der Waals surface area (Å²) >= 11 is 0. The molecule has 0 saturated heterocycles. The summed E-state index contributed by atoms with van der Waals surface area (Å²) in [5.74, 6) is 1.93. The zero-order valence-electron chi connectivity index (χ0n) is 14.0. The Bertz CT molecular complexity index is 988. The summed E-state index contributed by atoms with van der Waals surface area (Å²) in [5, 5.41) is 8.19. The molecule has 4 rings (SSSR count). The maximum atomic E-state index is 5.89. The quantitative estimate of drug-likeness (QED) is 0.559. The van der Waals surface area contributed by atoms with Gasteiger partial charge in [0.2, 0.25) is 5.89 Å². The van der Waals surface area contributed by atoms with Crippen molar-refractivity contribution in [2.75, 3.05) is 0 Å². The first-order valence-electron chi connectivity index (χ1n) is 8.11. The van der Waals surface area contributed by atoms with Crippen LogP contribution in [0, 0.1) is 0 Å². The number of hydrogen-bond acceptors (Lipinski definition) is 5. The van der Waals surface area contributed by atoms with E-state index in [-0.39, 0.29) is 6.04 Å². The van der Waals surface area contributed by atoms with E-state index in [0.29, 0.717) is 17.3 Å². The van der Waals surface area contributed by atoms with Gasteiger partial charge in [-0.25, -0.2) is 9.97 Å². The molecule has 3 aromatic heterocycles. The van der Waals surface area contributed by atoms with Crippen LogP contribution >= 0.6 is 0 Å². The molecular weight excluding hydrogens is 314 g/mol. The topological polar surface area (TPSA) is 69.6 Å². The highest BCUT2D eigenvalue weighted by atomic mass is 16.4. The van der Waals surface area contributed by atoms with Gasteiger partial charge in [-0.1, -0.05) is 36.4 Å². The van der Waals surface area contributed by atoms with Gasteiger partial charge in [-0.05, 0) is 26.0 Å². The average Bonchev–Trinajstić information content (AvgIpc) is 3.32. The number of hydrogen-bond donors (Lipinski definition) is 0. The molecule has 0 bridgehead atoms. The van der Waals surface area contributed by atoms with E-state index in [0.717, 1.165) is 17.1 Å². The van der Waals surface area contributed by atoms with Crippen molar-refractivity contribution in [3.05, 3.63) is 61.1 Å². The van der Waals surface area contributed by atoms with Crippen molar-refractivity contribution in [2.45, 2.75) is 19.9 Å². The molecule has 0 unspecified atom stereocenters. The summed E-state index contributed by atoms with van der Waals surface area (Å²) in [6, 6.07) is 15.8. The first-order valence-corrected chi connectivity index (χ1v) is 8.11. The van der Waals surface area contributed by atoms with Gasteiger partial charge in [0, 0.05) is 11.6 Å². The molecule has 6 heteroatoms. The number of aromatic nitrogens is 5. The Morgan fingerprint density at radius 2 is 1.76 bits per heavy atom. The van der Waals surface area contributed by atoms with Crippen molar-refractivity contribution in [3.8, 4) is 34.4 Å². The van der Waals surface area contributed by atoms with Crippen LogP contribution in [0.1, 0.15) is 19.9 Å². The number of oxazole rings is 1. The van der Waals surface area contributed by atoms with E-state index in [2.05, 4.69) is 34.0 Å². The molecule has 124 valence electrons. The van der Waals surface area contributed by atoms with Crippen LogP contribution in [0.3, 0.4) is 0 Å². The van der Waals surface area contributed by atoms with Crippen molar-refractivity contribution in [2.24, 2.45) is 0 Å². The monoisotopic (exact) mass is 331 g/mol. The lowest BCUT2D eigenvalue weighted by Gasteiger charge is -2.09. The van der Waals surface area contributed by atoms with Crippen LogP contribution in [0.4, 0.5) is 0 Å². The van der Waals surface area contributed by atoms with Gasteiger partial charge in [0.1, 0.15) is 17.7 Å². The Hall–Kier alpha value is -3.28. The molecule has 0 N–H and O–H groups in total. The maximum absolute atomic E-state index is 5.89. The maximum Gasteiger partial charge on any atom is 0.245 e. The van der Waals surface area contributed by atoms with Crippen molar-refractivity contribution < 1.29 is 4.42 Å². The molecule has 0 aliphatic heterocycles. The van der Waals surface area contributed by atoms with Crippen LogP contribution < -0.4 is 0 Å². The van der Waals surface area contributed by atoms with Crippen LogP contribution in [-0.2, 0) is 0 Å². The smallest absolute Gasteiger partial charge is 0.245 e. The zero-order chi connectivity index (χ0) is 17.2. The third-order valence-corrected chi connectivity index (χ3v) is 3.89. The summed E-state index contributed by atoms with van der Waals surface area (Å²) in [4.78, 5) is 9.03. The Labute approximate surface area is 145 Å². The number of nitrogens with zero attached hydrogens (tertiary/aromatic N) is 5. The van der Waals surface area contributed by atoms with E-state index in [1.807, 2.05) is 53.1 Å². The molecule has 0 fully saturated rings. The fraction of sp³-hybridized carbons (Fsp3) is 0.158. The summed E-state index contributed by atoms with van der Waals surface area (Å²) in [5.41, 5.74) is 2.39. The normalized spacial score (nSPS) is 11.2. The van der Waals surface area contributed by atoms with Crippen LogP contribution in [0.2, 0.25) is 0 Å². The van der Waals surface area contributed by atoms with Crippen LogP contribution in [0.25, 0.3) is 34.4 Å². The summed E-state index contributed by atoms with van der Waals surface area (Å²) in [7, 11) is 0. The Kier molecular flexibility index (Phi) is 3.85. The number of pyridine rings is 1. The lowest BCUT2D eigenvalue weighted by atomic mass is 10.2. The molecule has 0 amide bonds. The zero-order valence-corrected chi connectivity index (χ0v) is 14.0. The van der Waals surface area contributed by atoms with Crippen molar-refractivity contribution in [1.29, 1.82) is 0 Å². The fourth-order valence-electron chi connectivity index (χ4n) is 2.61. The van der Waals surface area contributed by atoms with E-state index in [1.165, 1.54) is 0 Å². The van der Waals surface area contributed by atoms with Crippen molar-refractivity contribution >= 4 is 0 Å². The predicted octanol–water partition coefficient (Wildman–Crippen LogP) is 4.24. The van der Waals surface area contributed by atoms with Gasteiger partial charge >= 0.3 is 0 Å². The summed E-state index contributed by atoms with van der Waals surface area (Å²) in [6.45, 7) is 4.16. The standard InChI is InChI=1S/C19H17N5O/c1-13(2)24-12-21-23-18(24)15-9-6-10-16(22-15)19-20-11-17(25-19)14-7-4-3-5-8-14/h3-13H,1-2H3. The molecule has 4 aromatic rings. The van der Waals surface area contributed by atoms with Gasteiger partial charge in [0.25, 0.3) is 0 Å². The first kappa shape index (κ1) is 15.3. The number of rotatable bonds is 4. The molecule has 3 heterocycles. The Morgan fingerprint density at radius 1 is 0.960 bits per heavy atom. The third-order valence-electron chi connectivity index (χ3n) is 3.89. The van der Waals surface area contributed by atoms with Gasteiger partial charge in [0.15, 0.2) is 11.6 Å². The molecular formula is C19H17N5O. The van der Waals surface area contributed by atoms with Crippen LogP contribution in [0.5, 0.6) is 0 Å². The molecule has 0 saturated carbocycles. The lowest BCUT2D eigenvalue weighted by Crippen LogP contribution is -2.03. The molecule has 1 aromatic carbocycles. The lowest BCUT2D eigenvalue weighted by molar-refractivity contribution is 0.586. The first-order chi connectivity index (χ1) is 12.2. The second-order valence-electron chi connectivity index (χ2n) is 5.96. The van der Waals surface area contributed by atoms with Gasteiger partial charge in [-0.2, -0.15) is 0 Å². The van der Waals surface area contributed by atoms with E-state index in [1.54, 1.807) is 12.5 Å². The minimum Gasteiger partial charge on any atom is -0.435 e. The van der Waals surface area contributed by atoms with Crippen molar-refractivity contribution in [1.82, 2.24) is 24.7 Å². The van der Waals surface area contributed by atoms with Crippen LogP contribution in [0.15, 0.2) is 65.5 Å². The second-order valence-corrected chi connectivity index (χ2v) is 5.96. The molecule has 0 aliphatic rings. The fourth-order valence-corrected chi connectivity index (χ4v) is 2.61. The molecule has 0 spiro atoms. The largest absolute Gasteiger partial charge is 0.435 e. The summed E-state index contributed by atoms with van der Waals surface area (Å²) < 4.78 is 7.87. The van der Waals surface area contributed by atoms with Gasteiger partial charge < -0.3 is 8.98 Å². The van der Waals surface area contributed by atoms with E-state index in [9.17, 15) is 0 Å². The average molecular weight is 331 g/mol. The highest BCUT2D eigenvalue weighted by Gasteiger charge is 2.14. The van der Waals surface area contributed by atoms with E-state index >= 15 is 0 Å². The highest BCUT2D eigenvalue weighted by molar-refractivity contribution is 5.61. The third kappa shape index (κ3) is 2.94. The SMILES string of the molecule is CC(C)n1cnnc1-c1cccc(-c2ncc(-c3ccccc3)o2)n1. The molecule has 25 heavy (non-hydrogen) atoms. The highest BCUT2D eigenvalue weighted by Crippen LogP contribution is 2.26. The van der Waals surface area contributed by atoms with Crippen molar-refractivity contribution in [3.63, 3.8) is 0 Å². The minimum atomic E-state index is 0.252. The second kappa shape index (κ2) is 6.32. The predicted molar refractivity (Wildman–Crippen MR) is 94.6 cm³/mol.